The fourth-order valence-electron chi connectivity index (χ4n) is 6.69. The zero-order valence-electron chi connectivity index (χ0n) is 24.9. The van der Waals surface area contributed by atoms with E-state index >= 15 is 0 Å². The molecular weight excluding hydrogens is 608 g/mol. The van der Waals surface area contributed by atoms with Crippen molar-refractivity contribution in [3.05, 3.63) is 69.0 Å². The third-order valence-corrected chi connectivity index (χ3v) is 8.96. The Morgan fingerprint density at radius 1 is 1.11 bits per heavy atom. The van der Waals surface area contributed by atoms with E-state index in [1.54, 1.807) is 37.2 Å². The lowest BCUT2D eigenvalue weighted by atomic mass is 9.57. The molecule has 1 fully saturated rings. The van der Waals surface area contributed by atoms with Gasteiger partial charge >= 0.3 is 6.09 Å². The maximum Gasteiger partial charge on any atom is 0.412 e. The highest BCUT2D eigenvalue weighted by Crippen LogP contribution is 2.54. The number of carbonyl (C=O) groups excluding carboxylic acids is 4. The molecule has 0 aliphatic heterocycles. The highest BCUT2D eigenvalue weighted by Gasteiger charge is 2.64. The number of ether oxygens (including phenoxy) is 1. The standard InChI is InChI=1S/C31H33ClN4O9/c1-35(2)19-11-14(12-34-30(43)45-16-7-5-15(32)6-8-16)24(37)21-17(19)9-13-10-18-23(36(3)4)26(39)22(29(33)42)28(41)31(18,44)27(40)20(13)25(21)38/h5-8,11,13,18,23,37-38,41,44H,9-10,12H2,1-4H3,(H2,33,42)(H,34,43)/t13-,18-,23-,31-/m0/s1. The maximum atomic E-state index is 14.1. The minimum absolute atomic E-state index is 0.0285. The number of halogens is 1. The molecule has 13 nitrogen and oxygen atoms in total. The quantitative estimate of drug-likeness (QED) is 0.252. The lowest BCUT2D eigenvalue weighted by Crippen LogP contribution is -2.65. The second-order valence-corrected chi connectivity index (χ2v) is 12.2. The van der Waals surface area contributed by atoms with Crippen molar-refractivity contribution in [3.8, 4) is 11.5 Å². The minimum Gasteiger partial charge on any atom is -0.508 e. The van der Waals surface area contributed by atoms with Crippen molar-refractivity contribution >= 4 is 46.6 Å². The number of aliphatic hydroxyl groups excluding tert-OH is 2. The molecule has 1 saturated carbocycles. The zero-order chi connectivity index (χ0) is 33.1. The zero-order valence-corrected chi connectivity index (χ0v) is 25.7. The molecule has 45 heavy (non-hydrogen) atoms. The molecule has 0 bridgehead atoms. The molecule has 14 heteroatoms. The van der Waals surface area contributed by atoms with E-state index in [0.29, 0.717) is 16.3 Å². The monoisotopic (exact) mass is 640 g/mol. The van der Waals surface area contributed by atoms with Gasteiger partial charge < -0.3 is 41.1 Å². The Morgan fingerprint density at radius 2 is 1.76 bits per heavy atom. The SMILES string of the molecule is CN(C)c1cc(CNC(=O)Oc2ccc(Cl)cc2)c(O)c2c1C[C@H]1C[C@H]3[C@H](N(C)C)C(=O)C(C(N)=O)=C(O)[C@@]3(O)C(=O)C1=C2O. The van der Waals surface area contributed by atoms with Crippen molar-refractivity contribution in [1.29, 1.82) is 0 Å². The Balaban J connectivity index is 1.57. The lowest BCUT2D eigenvalue weighted by Gasteiger charge is -2.50. The number of aliphatic hydroxyl groups is 3. The van der Waals surface area contributed by atoms with Crippen LogP contribution in [0.25, 0.3) is 5.76 Å². The van der Waals surface area contributed by atoms with Crippen LogP contribution in [0.4, 0.5) is 10.5 Å². The van der Waals surface area contributed by atoms with Crippen LogP contribution >= 0.6 is 11.6 Å². The van der Waals surface area contributed by atoms with Crippen molar-refractivity contribution in [1.82, 2.24) is 10.2 Å². The van der Waals surface area contributed by atoms with Gasteiger partial charge in [0.15, 0.2) is 11.4 Å². The number of nitrogens with two attached hydrogens (primary N) is 1. The van der Waals surface area contributed by atoms with E-state index in [0.717, 1.165) is 0 Å². The normalized spacial score (nSPS) is 24.2. The smallest absolute Gasteiger partial charge is 0.412 e. The third-order valence-electron chi connectivity index (χ3n) is 8.71. The van der Waals surface area contributed by atoms with Crippen LogP contribution < -0.4 is 20.7 Å². The first kappa shape index (κ1) is 31.8. The number of ketones is 2. The molecular formula is C31H33ClN4O9. The summed E-state index contributed by atoms with van der Waals surface area (Å²) in [5.41, 5.74) is 2.66. The van der Waals surface area contributed by atoms with E-state index in [2.05, 4.69) is 5.32 Å². The van der Waals surface area contributed by atoms with Crippen molar-refractivity contribution in [3.63, 3.8) is 0 Å². The number of rotatable bonds is 6. The van der Waals surface area contributed by atoms with Gasteiger partial charge in [0.2, 0.25) is 5.78 Å². The van der Waals surface area contributed by atoms with E-state index in [4.69, 9.17) is 22.1 Å². The van der Waals surface area contributed by atoms with E-state index in [-0.39, 0.29) is 41.8 Å². The number of primary amides is 1. The molecule has 0 spiro atoms. The number of nitrogens with zero attached hydrogens (tertiary/aromatic N) is 2. The highest BCUT2D eigenvalue weighted by molar-refractivity contribution is 6.30. The van der Waals surface area contributed by atoms with Gasteiger partial charge in [0.1, 0.15) is 28.6 Å². The van der Waals surface area contributed by atoms with Gasteiger partial charge in [-0.3, -0.25) is 19.3 Å². The fourth-order valence-corrected chi connectivity index (χ4v) is 6.82. The summed E-state index contributed by atoms with van der Waals surface area (Å²) in [6, 6.07) is 6.57. The van der Waals surface area contributed by atoms with Gasteiger partial charge in [-0.05, 0) is 68.8 Å². The Bertz CT molecular complexity index is 1700. The number of fused-ring (bicyclic) bond motifs is 3. The van der Waals surface area contributed by atoms with Crippen LogP contribution in [-0.2, 0) is 27.3 Å². The summed E-state index contributed by atoms with van der Waals surface area (Å²) in [5, 5.41) is 48.8. The Labute approximate surface area is 263 Å². The molecule has 0 aromatic heterocycles. The van der Waals surface area contributed by atoms with E-state index in [9.17, 15) is 39.6 Å². The Kier molecular flexibility index (Phi) is 8.06. The molecule has 0 unspecified atom stereocenters. The van der Waals surface area contributed by atoms with Gasteiger partial charge in [-0.2, -0.15) is 0 Å². The number of amides is 2. The van der Waals surface area contributed by atoms with Crippen LogP contribution in [0.5, 0.6) is 11.5 Å². The number of Topliss-reactive ketones (excluding diaryl/α,β-unsaturated/α-hetero) is 2. The predicted molar refractivity (Wildman–Crippen MR) is 163 cm³/mol. The molecule has 2 aromatic rings. The first-order valence-electron chi connectivity index (χ1n) is 14.0. The number of likely N-dealkylation sites (N-methyl/N-ethyl adjacent to an activating group) is 1. The molecule has 3 aliphatic carbocycles. The second-order valence-electron chi connectivity index (χ2n) is 11.8. The van der Waals surface area contributed by atoms with Crippen molar-refractivity contribution < 1.29 is 44.3 Å². The average Bonchev–Trinajstić information content (AvgIpc) is 2.95. The number of phenols is 1. The fraction of sp³-hybridized carbons (Fsp3) is 0.355. The lowest BCUT2D eigenvalue weighted by molar-refractivity contribution is -0.153. The summed E-state index contributed by atoms with van der Waals surface area (Å²) in [6.45, 7) is -0.226. The number of nitrogens with one attached hydrogen (secondary N) is 1. The number of carbonyl (C=O) groups is 4. The summed E-state index contributed by atoms with van der Waals surface area (Å²) in [6.07, 6.45) is -0.727. The van der Waals surface area contributed by atoms with Crippen LogP contribution in [0.3, 0.4) is 0 Å². The molecule has 0 radical (unpaired) electrons. The summed E-state index contributed by atoms with van der Waals surface area (Å²) >= 11 is 5.87. The van der Waals surface area contributed by atoms with Crippen LogP contribution in [0, 0.1) is 11.8 Å². The largest absolute Gasteiger partial charge is 0.508 e. The molecule has 2 aromatic carbocycles. The Hall–Kier alpha value is -4.59. The molecule has 4 atom stereocenters. The number of anilines is 1. The number of hydrogen-bond acceptors (Lipinski definition) is 11. The second kappa shape index (κ2) is 11.4. The topological polar surface area (TPSA) is 203 Å². The molecule has 5 rings (SSSR count). The van der Waals surface area contributed by atoms with Gasteiger partial charge in [0, 0.05) is 48.4 Å². The highest BCUT2D eigenvalue weighted by atomic mass is 35.5. The summed E-state index contributed by atoms with van der Waals surface area (Å²) < 4.78 is 5.24. The summed E-state index contributed by atoms with van der Waals surface area (Å²) in [7, 11) is 6.57. The van der Waals surface area contributed by atoms with E-state index < -0.39 is 69.9 Å². The minimum atomic E-state index is -2.74. The van der Waals surface area contributed by atoms with Crippen LogP contribution in [0.2, 0.25) is 5.02 Å². The molecule has 2 amide bonds. The maximum absolute atomic E-state index is 14.1. The first-order chi connectivity index (χ1) is 21.1. The number of aromatic hydroxyl groups is 1. The molecule has 0 saturated heterocycles. The molecule has 0 heterocycles. The number of hydrogen-bond donors (Lipinski definition) is 6. The van der Waals surface area contributed by atoms with E-state index in [1.165, 1.54) is 31.1 Å². The van der Waals surface area contributed by atoms with Crippen LogP contribution in [0.15, 0.2) is 47.2 Å². The van der Waals surface area contributed by atoms with Gasteiger partial charge in [-0.25, -0.2) is 4.79 Å². The molecule has 3 aliphatic rings. The van der Waals surface area contributed by atoms with Gasteiger partial charge in [0.25, 0.3) is 5.91 Å². The molecule has 7 N–H and O–H groups in total. The van der Waals surface area contributed by atoms with E-state index in [1.807, 2.05) is 0 Å². The Morgan fingerprint density at radius 3 is 2.33 bits per heavy atom. The van der Waals surface area contributed by atoms with Gasteiger partial charge in [-0.15, -0.1) is 0 Å². The van der Waals surface area contributed by atoms with Crippen molar-refractivity contribution in [2.45, 2.75) is 31.0 Å². The summed E-state index contributed by atoms with van der Waals surface area (Å²) in [5.74, 6) is -7.10. The number of benzene rings is 2. The average molecular weight is 641 g/mol. The van der Waals surface area contributed by atoms with Crippen LogP contribution in [0.1, 0.15) is 23.1 Å². The van der Waals surface area contributed by atoms with Gasteiger partial charge in [0.05, 0.1) is 11.6 Å². The van der Waals surface area contributed by atoms with Crippen molar-refractivity contribution in [2.75, 3.05) is 33.1 Å². The van der Waals surface area contributed by atoms with Gasteiger partial charge in [-0.1, -0.05) is 11.6 Å². The summed E-state index contributed by atoms with van der Waals surface area (Å²) in [4.78, 5) is 55.2. The number of phenolic OH excluding ortho intramolecular Hbond substituents is 1. The molecule has 238 valence electrons. The predicted octanol–water partition coefficient (Wildman–Crippen LogP) is 1.97. The van der Waals surface area contributed by atoms with Crippen molar-refractivity contribution in [2.24, 2.45) is 17.6 Å². The first-order valence-corrected chi connectivity index (χ1v) is 14.4. The van der Waals surface area contributed by atoms with Crippen LogP contribution in [-0.4, -0.2) is 88.7 Å². The third kappa shape index (κ3) is 5.06.